The van der Waals surface area contributed by atoms with Crippen molar-refractivity contribution in [2.24, 2.45) is 0 Å². The minimum atomic E-state index is -3.88. The number of carbonyl (C=O) groups excluding carboxylic acids is 1. The molecule has 7 nitrogen and oxygen atoms in total. The molecule has 94 valence electrons. The van der Waals surface area contributed by atoms with Gasteiger partial charge in [-0.3, -0.25) is 9.52 Å². The number of nitrogens with one attached hydrogen (secondary N) is 1. The standard InChI is InChI=1S/C8H10BrN3O4S/c1-5(8(13)16-2)17(14,15)12-7-4-10-6(9)3-11-7/h3-5H,1-2H3,(H,11,12). The van der Waals surface area contributed by atoms with Gasteiger partial charge in [-0.05, 0) is 22.9 Å². The van der Waals surface area contributed by atoms with Gasteiger partial charge >= 0.3 is 5.97 Å². The van der Waals surface area contributed by atoms with Gasteiger partial charge in [0.15, 0.2) is 11.1 Å². The zero-order valence-electron chi connectivity index (χ0n) is 9.05. The first-order valence-electron chi connectivity index (χ1n) is 4.44. The first-order valence-corrected chi connectivity index (χ1v) is 6.77. The summed E-state index contributed by atoms with van der Waals surface area (Å²) in [5, 5.41) is -1.32. The Morgan fingerprint density at radius 3 is 2.59 bits per heavy atom. The number of esters is 1. The van der Waals surface area contributed by atoms with Crippen molar-refractivity contribution in [3.8, 4) is 0 Å². The molecule has 1 aromatic heterocycles. The number of anilines is 1. The minimum absolute atomic E-state index is 0.0314. The third kappa shape index (κ3) is 3.63. The Hall–Kier alpha value is -1.22. The van der Waals surface area contributed by atoms with Crippen molar-refractivity contribution in [1.29, 1.82) is 0 Å². The molecule has 1 heterocycles. The molecule has 9 heteroatoms. The summed E-state index contributed by atoms with van der Waals surface area (Å²) in [6.07, 6.45) is 2.56. The van der Waals surface area contributed by atoms with E-state index >= 15 is 0 Å². The summed E-state index contributed by atoms with van der Waals surface area (Å²) < 4.78 is 30.4. The zero-order chi connectivity index (χ0) is 13.1. The Morgan fingerprint density at radius 2 is 2.12 bits per heavy atom. The quantitative estimate of drug-likeness (QED) is 0.812. The van der Waals surface area contributed by atoms with E-state index in [9.17, 15) is 13.2 Å². The highest BCUT2D eigenvalue weighted by molar-refractivity contribution is 9.10. The van der Waals surface area contributed by atoms with Crippen LogP contribution >= 0.6 is 15.9 Å². The van der Waals surface area contributed by atoms with Gasteiger partial charge in [0.25, 0.3) is 0 Å². The molecule has 17 heavy (non-hydrogen) atoms. The Labute approximate surface area is 107 Å². The summed E-state index contributed by atoms with van der Waals surface area (Å²) in [5.74, 6) is -0.813. The van der Waals surface area contributed by atoms with Gasteiger partial charge in [0.1, 0.15) is 4.60 Å². The number of hydrogen-bond donors (Lipinski definition) is 1. The smallest absolute Gasteiger partial charge is 0.325 e. The maximum absolute atomic E-state index is 11.7. The van der Waals surface area contributed by atoms with E-state index in [0.29, 0.717) is 4.60 Å². The van der Waals surface area contributed by atoms with Crippen LogP contribution in [0.2, 0.25) is 0 Å². The summed E-state index contributed by atoms with van der Waals surface area (Å²) >= 11 is 3.06. The Morgan fingerprint density at radius 1 is 1.47 bits per heavy atom. The molecule has 1 atom stereocenters. The lowest BCUT2D eigenvalue weighted by atomic mass is 10.5. The number of rotatable bonds is 4. The van der Waals surface area contributed by atoms with Gasteiger partial charge in [-0.15, -0.1) is 0 Å². The van der Waals surface area contributed by atoms with Crippen molar-refractivity contribution >= 4 is 37.7 Å². The second kappa shape index (κ2) is 5.41. The number of nitrogens with zero attached hydrogens (tertiary/aromatic N) is 2. The highest BCUT2D eigenvalue weighted by Crippen LogP contribution is 2.11. The molecule has 0 saturated heterocycles. The van der Waals surface area contributed by atoms with Crippen LogP contribution < -0.4 is 4.72 Å². The lowest BCUT2D eigenvalue weighted by molar-refractivity contribution is -0.139. The summed E-state index contributed by atoms with van der Waals surface area (Å²) in [5.41, 5.74) is 0. The van der Waals surface area contributed by atoms with E-state index in [4.69, 9.17) is 0 Å². The number of halogens is 1. The van der Waals surface area contributed by atoms with Gasteiger partial charge in [-0.2, -0.15) is 0 Å². The third-order valence-electron chi connectivity index (χ3n) is 1.87. The van der Waals surface area contributed by atoms with Crippen LogP contribution in [0.15, 0.2) is 17.0 Å². The lowest BCUT2D eigenvalue weighted by Crippen LogP contribution is -2.33. The van der Waals surface area contributed by atoms with Crippen LogP contribution in [0.1, 0.15) is 6.92 Å². The number of aromatic nitrogens is 2. The maximum atomic E-state index is 11.7. The van der Waals surface area contributed by atoms with Crippen molar-refractivity contribution in [3.05, 3.63) is 17.0 Å². The topological polar surface area (TPSA) is 98.2 Å². The molecule has 1 rings (SSSR count). The van der Waals surface area contributed by atoms with E-state index in [1.165, 1.54) is 19.3 Å². The van der Waals surface area contributed by atoms with Gasteiger partial charge in [0, 0.05) is 0 Å². The molecule has 1 N–H and O–H groups in total. The maximum Gasteiger partial charge on any atom is 0.325 e. The zero-order valence-corrected chi connectivity index (χ0v) is 11.4. The first-order chi connectivity index (χ1) is 7.86. The number of hydrogen-bond acceptors (Lipinski definition) is 6. The predicted octanol–water partition coefficient (Wildman–Crippen LogP) is 0.542. The van der Waals surface area contributed by atoms with Crippen LogP contribution in [0, 0.1) is 0 Å². The van der Waals surface area contributed by atoms with Crippen LogP contribution in [-0.2, 0) is 19.6 Å². The molecule has 0 aliphatic rings. The Kier molecular flexibility index (Phi) is 4.40. The fourth-order valence-electron chi connectivity index (χ4n) is 0.892. The van der Waals surface area contributed by atoms with Crippen molar-refractivity contribution in [1.82, 2.24) is 9.97 Å². The average molecular weight is 324 g/mol. The Bertz CT molecular complexity index is 502. The van der Waals surface area contributed by atoms with Crippen molar-refractivity contribution in [2.75, 3.05) is 11.8 Å². The molecular weight excluding hydrogens is 314 g/mol. The largest absolute Gasteiger partial charge is 0.468 e. The number of carbonyl (C=O) groups is 1. The fourth-order valence-corrected chi connectivity index (χ4v) is 2.02. The van der Waals surface area contributed by atoms with Crippen molar-refractivity contribution in [3.63, 3.8) is 0 Å². The normalized spacial score (nSPS) is 12.9. The van der Waals surface area contributed by atoms with Crippen LogP contribution in [0.25, 0.3) is 0 Å². The summed E-state index contributed by atoms with van der Waals surface area (Å²) in [4.78, 5) is 18.7. The number of sulfonamides is 1. The van der Waals surface area contributed by atoms with Crippen LogP contribution in [0.5, 0.6) is 0 Å². The van der Waals surface area contributed by atoms with Gasteiger partial charge in [0.05, 0.1) is 19.5 Å². The SMILES string of the molecule is COC(=O)C(C)S(=O)(=O)Nc1cnc(Br)cn1. The number of methoxy groups -OCH3 is 1. The molecule has 0 amide bonds. The van der Waals surface area contributed by atoms with Gasteiger partial charge in [-0.1, -0.05) is 0 Å². The molecule has 0 spiro atoms. The second-order valence-electron chi connectivity index (χ2n) is 3.04. The van der Waals surface area contributed by atoms with Crippen LogP contribution in [0.4, 0.5) is 5.82 Å². The highest BCUT2D eigenvalue weighted by atomic mass is 79.9. The highest BCUT2D eigenvalue weighted by Gasteiger charge is 2.29. The summed E-state index contributed by atoms with van der Waals surface area (Å²) in [6, 6.07) is 0. The van der Waals surface area contributed by atoms with Gasteiger partial charge in [-0.25, -0.2) is 18.4 Å². The Balaban J connectivity index is 2.86. The minimum Gasteiger partial charge on any atom is -0.468 e. The second-order valence-corrected chi connectivity index (χ2v) is 5.85. The molecule has 0 aromatic carbocycles. The summed E-state index contributed by atoms with van der Waals surface area (Å²) in [6.45, 7) is 1.22. The van der Waals surface area contributed by atoms with E-state index in [1.807, 2.05) is 0 Å². The molecule has 0 saturated carbocycles. The molecule has 0 aliphatic carbocycles. The molecule has 0 bridgehead atoms. The third-order valence-corrected chi connectivity index (χ3v) is 3.89. The molecule has 0 fully saturated rings. The molecule has 0 radical (unpaired) electrons. The van der Waals surface area contributed by atoms with E-state index < -0.39 is 21.2 Å². The van der Waals surface area contributed by atoms with Crippen LogP contribution in [0.3, 0.4) is 0 Å². The monoisotopic (exact) mass is 323 g/mol. The van der Waals surface area contributed by atoms with E-state index in [-0.39, 0.29) is 5.82 Å². The van der Waals surface area contributed by atoms with Gasteiger partial charge < -0.3 is 4.74 Å². The fraction of sp³-hybridized carbons (Fsp3) is 0.375. The first kappa shape index (κ1) is 13.8. The molecule has 1 unspecified atom stereocenters. The molecule has 0 aliphatic heterocycles. The van der Waals surface area contributed by atoms with Crippen LogP contribution in [-0.4, -0.2) is 36.7 Å². The van der Waals surface area contributed by atoms with Crippen molar-refractivity contribution in [2.45, 2.75) is 12.2 Å². The van der Waals surface area contributed by atoms with E-state index in [1.54, 1.807) is 0 Å². The lowest BCUT2D eigenvalue weighted by Gasteiger charge is -2.11. The molecular formula is C8H10BrN3O4S. The average Bonchev–Trinajstić information content (AvgIpc) is 2.30. The predicted molar refractivity (Wildman–Crippen MR) is 63.8 cm³/mol. The summed E-state index contributed by atoms with van der Waals surface area (Å²) in [7, 11) is -2.76. The van der Waals surface area contributed by atoms with Crippen molar-refractivity contribution < 1.29 is 17.9 Å². The van der Waals surface area contributed by atoms with Gasteiger partial charge in [0.2, 0.25) is 10.0 Å². The van der Waals surface area contributed by atoms with E-state index in [2.05, 4.69) is 35.4 Å². The number of ether oxygens (including phenoxy) is 1. The van der Waals surface area contributed by atoms with E-state index in [0.717, 1.165) is 7.11 Å². The molecule has 1 aromatic rings.